The molecule has 2 rings (SSSR count). The van der Waals surface area contributed by atoms with Crippen molar-refractivity contribution in [2.75, 3.05) is 20.1 Å². The van der Waals surface area contributed by atoms with Gasteiger partial charge in [-0.25, -0.2) is 0 Å². The maximum Gasteiger partial charge on any atom is 0.312 e. The van der Waals surface area contributed by atoms with Gasteiger partial charge in [-0.1, -0.05) is 12.1 Å². The van der Waals surface area contributed by atoms with Crippen molar-refractivity contribution in [1.29, 1.82) is 0 Å². The fraction of sp³-hybridized carbons (Fsp3) is 0.467. The second-order valence-electron chi connectivity index (χ2n) is 5.36. The monoisotopic (exact) mass is 302 g/mol. The molecule has 0 aliphatic carbocycles. The zero-order valence-electron chi connectivity index (χ0n) is 12.7. The van der Waals surface area contributed by atoms with Gasteiger partial charge in [0.25, 0.3) is 5.91 Å². The van der Waals surface area contributed by atoms with Crippen molar-refractivity contribution in [2.45, 2.75) is 25.3 Å². The van der Waals surface area contributed by atoms with E-state index in [9.17, 15) is 9.59 Å². The summed E-state index contributed by atoms with van der Waals surface area (Å²) in [6, 6.07) is 7.24. The van der Waals surface area contributed by atoms with Gasteiger partial charge in [0.2, 0.25) is 5.91 Å². The Hall–Kier alpha value is -1.86. The molecule has 1 aromatic rings. The molecule has 7 heteroatoms. The lowest BCUT2D eigenvalue weighted by atomic mass is 9.86. The van der Waals surface area contributed by atoms with E-state index in [-0.39, 0.29) is 24.3 Å². The number of likely N-dealkylation sites (tertiary alicyclic amines) is 1. The Morgan fingerprint density at radius 2 is 2.09 bits per heavy atom. The fourth-order valence-corrected chi connectivity index (χ4v) is 2.59. The highest BCUT2D eigenvalue weighted by molar-refractivity contribution is 6.28. The molecule has 3 N–H and O–H groups in total. The van der Waals surface area contributed by atoms with Crippen LogP contribution in [-0.2, 0) is 11.3 Å². The number of rotatable bonds is 6. The molecule has 2 amide bonds. The van der Waals surface area contributed by atoms with Crippen LogP contribution in [0.4, 0.5) is 0 Å². The molecule has 117 valence electrons. The Morgan fingerprint density at radius 1 is 1.36 bits per heavy atom. The molecular formula is C15H21BN3O3. The van der Waals surface area contributed by atoms with Crippen LogP contribution in [0.1, 0.15) is 28.8 Å². The van der Waals surface area contributed by atoms with Crippen LogP contribution in [0.5, 0.6) is 0 Å². The Morgan fingerprint density at radius 3 is 2.73 bits per heavy atom. The molecule has 6 nitrogen and oxygen atoms in total. The Balaban J connectivity index is 1.85. The van der Waals surface area contributed by atoms with Crippen molar-refractivity contribution in [1.82, 2.24) is 15.5 Å². The summed E-state index contributed by atoms with van der Waals surface area (Å²) in [5, 5.41) is 14.8. The lowest BCUT2D eigenvalue weighted by Crippen LogP contribution is -2.44. The van der Waals surface area contributed by atoms with Crippen molar-refractivity contribution in [3.05, 3.63) is 35.4 Å². The second-order valence-corrected chi connectivity index (χ2v) is 5.36. The van der Waals surface area contributed by atoms with Gasteiger partial charge in [0.05, 0.1) is 6.54 Å². The van der Waals surface area contributed by atoms with Gasteiger partial charge < -0.3 is 20.6 Å². The predicted octanol–water partition coefficient (Wildman–Crippen LogP) is -0.304. The Labute approximate surface area is 131 Å². The highest BCUT2D eigenvalue weighted by Gasteiger charge is 2.28. The van der Waals surface area contributed by atoms with Crippen molar-refractivity contribution in [2.24, 2.45) is 0 Å². The quantitative estimate of drug-likeness (QED) is 0.630. The number of carbonyl (C=O) groups excluding carboxylic acids is 2. The van der Waals surface area contributed by atoms with Gasteiger partial charge in [0.1, 0.15) is 0 Å². The van der Waals surface area contributed by atoms with Crippen LogP contribution in [-0.4, -0.2) is 55.3 Å². The predicted molar refractivity (Wildman–Crippen MR) is 84.2 cm³/mol. The summed E-state index contributed by atoms with van der Waals surface area (Å²) in [4.78, 5) is 25.7. The first-order valence-electron chi connectivity index (χ1n) is 7.44. The molecule has 1 aromatic carbocycles. The van der Waals surface area contributed by atoms with E-state index in [0.29, 0.717) is 12.1 Å². The number of nitrogens with one attached hydrogen (secondary N) is 2. The summed E-state index contributed by atoms with van der Waals surface area (Å²) in [5.74, 6) is -0.675. The molecule has 1 saturated heterocycles. The average molecular weight is 302 g/mol. The van der Waals surface area contributed by atoms with E-state index < -0.39 is 0 Å². The smallest absolute Gasteiger partial charge is 0.312 e. The van der Waals surface area contributed by atoms with Crippen LogP contribution in [0.2, 0.25) is 0 Å². The lowest BCUT2D eigenvalue weighted by Gasteiger charge is -2.22. The van der Waals surface area contributed by atoms with E-state index in [0.717, 1.165) is 32.4 Å². The van der Waals surface area contributed by atoms with Gasteiger partial charge in [-0.3, -0.25) is 9.59 Å². The number of hydrogen-bond acceptors (Lipinski definition) is 4. The third-order valence-corrected chi connectivity index (χ3v) is 3.79. The van der Waals surface area contributed by atoms with Crippen molar-refractivity contribution >= 4 is 19.3 Å². The van der Waals surface area contributed by atoms with Gasteiger partial charge in [-0.2, -0.15) is 0 Å². The first-order valence-corrected chi connectivity index (χ1v) is 7.44. The van der Waals surface area contributed by atoms with Crippen LogP contribution in [0.15, 0.2) is 24.3 Å². The minimum absolute atomic E-state index is 0.0541. The molecule has 1 fully saturated rings. The van der Waals surface area contributed by atoms with Crippen LogP contribution < -0.4 is 10.6 Å². The zero-order valence-corrected chi connectivity index (χ0v) is 12.7. The molecule has 1 aliphatic rings. The van der Waals surface area contributed by atoms with E-state index in [4.69, 9.17) is 5.02 Å². The summed E-state index contributed by atoms with van der Waals surface area (Å²) < 4.78 is 0. The van der Waals surface area contributed by atoms with Crippen LogP contribution in [0, 0.1) is 0 Å². The number of benzene rings is 1. The Bertz CT molecular complexity index is 521. The van der Waals surface area contributed by atoms with Gasteiger partial charge >= 0.3 is 7.48 Å². The minimum atomic E-state index is -0.270. The highest BCUT2D eigenvalue weighted by atomic mass is 16.2. The van der Waals surface area contributed by atoms with Gasteiger partial charge in [-0.15, -0.1) is 0 Å². The first-order chi connectivity index (χ1) is 10.7. The minimum Gasteiger partial charge on any atom is -0.452 e. The number of nitrogens with zero attached hydrogens (tertiary/aromatic N) is 1. The molecule has 22 heavy (non-hydrogen) atoms. The molecule has 0 saturated carbocycles. The van der Waals surface area contributed by atoms with Crippen molar-refractivity contribution in [3.63, 3.8) is 0 Å². The van der Waals surface area contributed by atoms with Gasteiger partial charge in [0.15, 0.2) is 0 Å². The van der Waals surface area contributed by atoms with Crippen LogP contribution >= 0.6 is 0 Å². The SMILES string of the molecule is CNCc1ccc(C(=O)NCC(=O)N2CCCC2[B]O)cc1. The summed E-state index contributed by atoms with van der Waals surface area (Å²) in [6.45, 7) is 1.31. The van der Waals surface area contributed by atoms with Gasteiger partial charge in [-0.05, 0) is 37.6 Å². The fourth-order valence-electron chi connectivity index (χ4n) is 2.59. The van der Waals surface area contributed by atoms with E-state index >= 15 is 0 Å². The number of carbonyl (C=O) groups is 2. The first kappa shape index (κ1) is 16.5. The molecule has 1 unspecified atom stereocenters. The third-order valence-electron chi connectivity index (χ3n) is 3.79. The maximum atomic E-state index is 12.1. The highest BCUT2D eigenvalue weighted by Crippen LogP contribution is 2.15. The molecular weight excluding hydrogens is 281 g/mol. The zero-order chi connectivity index (χ0) is 15.9. The molecule has 1 aliphatic heterocycles. The molecule has 1 heterocycles. The topological polar surface area (TPSA) is 81.7 Å². The third kappa shape index (κ3) is 4.08. The largest absolute Gasteiger partial charge is 0.452 e. The van der Waals surface area contributed by atoms with Crippen molar-refractivity contribution < 1.29 is 14.6 Å². The molecule has 1 radical (unpaired) electrons. The van der Waals surface area contributed by atoms with E-state index in [1.165, 1.54) is 0 Å². The maximum absolute atomic E-state index is 12.1. The van der Waals surface area contributed by atoms with Gasteiger partial charge in [0, 0.05) is 24.6 Å². The van der Waals surface area contributed by atoms with E-state index in [2.05, 4.69) is 10.6 Å². The second kappa shape index (κ2) is 7.96. The molecule has 0 aromatic heterocycles. The normalized spacial score (nSPS) is 17.4. The lowest BCUT2D eigenvalue weighted by molar-refractivity contribution is -0.129. The number of hydrogen-bond donors (Lipinski definition) is 3. The molecule has 1 atom stereocenters. The van der Waals surface area contributed by atoms with Crippen LogP contribution in [0.25, 0.3) is 0 Å². The standard InChI is InChI=1S/C15H21BN3O3/c1-17-9-11-4-6-12(7-5-11)15(21)18-10-14(20)19-8-2-3-13(19)16-22/h4-7,13,17,22H,2-3,8-10H2,1H3,(H,18,21). The summed E-state index contributed by atoms with van der Waals surface area (Å²) in [6.07, 6.45) is 1.64. The molecule has 0 spiro atoms. The van der Waals surface area contributed by atoms with E-state index in [1.807, 2.05) is 19.2 Å². The van der Waals surface area contributed by atoms with E-state index in [1.54, 1.807) is 17.0 Å². The van der Waals surface area contributed by atoms with Crippen molar-refractivity contribution in [3.8, 4) is 0 Å². The summed E-state index contributed by atoms with van der Waals surface area (Å²) >= 11 is 0. The molecule has 0 bridgehead atoms. The summed E-state index contributed by atoms with van der Waals surface area (Å²) in [7, 11) is 2.91. The Kier molecular flexibility index (Phi) is 5.97. The number of amides is 2. The summed E-state index contributed by atoms with van der Waals surface area (Å²) in [5.41, 5.74) is 1.62. The van der Waals surface area contributed by atoms with Crippen LogP contribution in [0.3, 0.4) is 0 Å². The average Bonchev–Trinajstić information content (AvgIpc) is 3.02.